The van der Waals surface area contributed by atoms with E-state index in [-0.39, 0.29) is 6.29 Å². The van der Waals surface area contributed by atoms with Crippen LogP contribution in [-0.4, -0.2) is 29.3 Å². The van der Waals surface area contributed by atoms with Crippen molar-refractivity contribution in [2.24, 2.45) is 0 Å². The van der Waals surface area contributed by atoms with Gasteiger partial charge in [0.2, 0.25) is 0 Å². The standard InChI is InChI=1S/C26H34BrNO2/c27-21(11-3-1-2-7-18-29-25-15-6-8-19-30-25)17-16-20-10-9-13-23-22-12-4-5-14-24(22)28-26(20)23/h4-5,9-10,12-14,21,25,28H,1-3,6-8,11,15-19H2. The summed E-state index contributed by atoms with van der Waals surface area (Å²) < 4.78 is 11.4. The van der Waals surface area contributed by atoms with E-state index in [2.05, 4.69) is 63.4 Å². The smallest absolute Gasteiger partial charge is 0.157 e. The fourth-order valence-electron chi connectivity index (χ4n) is 4.48. The average molecular weight is 472 g/mol. The van der Waals surface area contributed by atoms with Crippen LogP contribution in [0.1, 0.15) is 63.4 Å². The van der Waals surface area contributed by atoms with E-state index in [1.54, 1.807) is 0 Å². The predicted octanol–water partition coefficient (Wildman–Crippen LogP) is 7.51. The number of hydrogen-bond donors (Lipinski definition) is 1. The zero-order chi connectivity index (χ0) is 20.6. The quantitative estimate of drug-likeness (QED) is 0.231. The Morgan fingerprint density at radius 1 is 0.967 bits per heavy atom. The van der Waals surface area contributed by atoms with E-state index in [0.29, 0.717) is 4.83 Å². The van der Waals surface area contributed by atoms with Crippen LogP contribution < -0.4 is 0 Å². The lowest BCUT2D eigenvalue weighted by molar-refractivity contribution is -0.162. The van der Waals surface area contributed by atoms with Gasteiger partial charge in [0.1, 0.15) is 0 Å². The second kappa shape index (κ2) is 11.3. The normalized spacial score (nSPS) is 18.2. The maximum Gasteiger partial charge on any atom is 0.157 e. The van der Waals surface area contributed by atoms with Gasteiger partial charge in [-0.25, -0.2) is 0 Å². The molecule has 3 nitrogen and oxygen atoms in total. The molecule has 0 saturated carbocycles. The molecule has 1 saturated heterocycles. The van der Waals surface area contributed by atoms with Crippen LogP contribution in [0.15, 0.2) is 42.5 Å². The molecule has 0 radical (unpaired) electrons. The number of hydrogen-bond acceptors (Lipinski definition) is 2. The van der Waals surface area contributed by atoms with Crippen LogP contribution in [-0.2, 0) is 15.9 Å². The summed E-state index contributed by atoms with van der Waals surface area (Å²) in [5, 5.41) is 2.67. The Balaban J connectivity index is 1.14. The first-order valence-electron chi connectivity index (χ1n) is 11.7. The van der Waals surface area contributed by atoms with Crippen molar-refractivity contribution >= 4 is 37.7 Å². The molecule has 1 aromatic heterocycles. The van der Waals surface area contributed by atoms with Crippen LogP contribution in [0.5, 0.6) is 0 Å². The number of ether oxygens (including phenoxy) is 2. The van der Waals surface area contributed by atoms with Gasteiger partial charge >= 0.3 is 0 Å². The number of benzene rings is 2. The summed E-state index contributed by atoms with van der Waals surface area (Å²) in [6.45, 7) is 1.71. The van der Waals surface area contributed by atoms with Gasteiger partial charge < -0.3 is 14.5 Å². The Labute approximate surface area is 188 Å². The van der Waals surface area contributed by atoms with Gasteiger partial charge in [0.25, 0.3) is 0 Å². The fourth-order valence-corrected chi connectivity index (χ4v) is 5.03. The molecule has 4 rings (SSSR count). The monoisotopic (exact) mass is 471 g/mol. The highest BCUT2D eigenvalue weighted by Crippen LogP contribution is 2.29. The van der Waals surface area contributed by atoms with Gasteiger partial charge in [0.15, 0.2) is 6.29 Å². The Bertz CT molecular complexity index is 916. The van der Waals surface area contributed by atoms with Crippen molar-refractivity contribution in [3.63, 3.8) is 0 Å². The third-order valence-corrected chi connectivity index (χ3v) is 7.12. The van der Waals surface area contributed by atoms with Crippen molar-refractivity contribution in [3.05, 3.63) is 48.0 Å². The van der Waals surface area contributed by atoms with Crippen molar-refractivity contribution < 1.29 is 9.47 Å². The highest BCUT2D eigenvalue weighted by atomic mass is 79.9. The Hall–Kier alpha value is -1.36. The molecule has 0 bridgehead atoms. The summed E-state index contributed by atoms with van der Waals surface area (Å²) in [6, 6.07) is 15.3. The number of para-hydroxylation sites is 2. The summed E-state index contributed by atoms with van der Waals surface area (Å²) in [7, 11) is 0. The molecule has 0 spiro atoms. The summed E-state index contributed by atoms with van der Waals surface area (Å²) in [5.74, 6) is 0. The molecule has 4 heteroatoms. The number of unbranched alkanes of at least 4 members (excludes halogenated alkanes) is 3. The van der Waals surface area contributed by atoms with Gasteiger partial charge in [-0.05, 0) is 56.6 Å². The highest BCUT2D eigenvalue weighted by molar-refractivity contribution is 9.09. The van der Waals surface area contributed by atoms with E-state index in [1.165, 1.54) is 72.3 Å². The highest BCUT2D eigenvalue weighted by Gasteiger charge is 2.13. The van der Waals surface area contributed by atoms with Crippen LogP contribution in [0.4, 0.5) is 0 Å². The van der Waals surface area contributed by atoms with Crippen molar-refractivity contribution in [3.8, 4) is 0 Å². The van der Waals surface area contributed by atoms with Crippen molar-refractivity contribution in [2.75, 3.05) is 13.2 Å². The first kappa shape index (κ1) is 21.9. The number of aryl methyl sites for hydroxylation is 1. The minimum absolute atomic E-state index is 0.0624. The number of alkyl halides is 1. The van der Waals surface area contributed by atoms with Crippen LogP contribution >= 0.6 is 15.9 Å². The first-order chi connectivity index (χ1) is 14.8. The Morgan fingerprint density at radius 3 is 2.73 bits per heavy atom. The van der Waals surface area contributed by atoms with Gasteiger partial charge in [0.05, 0.1) is 0 Å². The van der Waals surface area contributed by atoms with Gasteiger partial charge in [-0.2, -0.15) is 0 Å². The summed E-state index contributed by atoms with van der Waals surface area (Å²) in [5.41, 5.74) is 3.96. The number of aromatic amines is 1. The minimum Gasteiger partial charge on any atom is -0.354 e. The zero-order valence-corrected chi connectivity index (χ0v) is 19.5. The maximum absolute atomic E-state index is 5.82. The van der Waals surface area contributed by atoms with Crippen molar-refractivity contribution in [1.29, 1.82) is 0 Å². The van der Waals surface area contributed by atoms with Crippen molar-refractivity contribution in [1.82, 2.24) is 4.98 Å². The molecule has 2 atom stereocenters. The lowest BCUT2D eigenvalue weighted by Gasteiger charge is -2.22. The molecular weight excluding hydrogens is 438 g/mol. The van der Waals surface area contributed by atoms with Gasteiger partial charge in [0, 0.05) is 39.8 Å². The van der Waals surface area contributed by atoms with E-state index >= 15 is 0 Å². The molecule has 1 N–H and O–H groups in total. The molecule has 162 valence electrons. The molecule has 1 aliphatic heterocycles. The van der Waals surface area contributed by atoms with Gasteiger partial charge in [-0.3, -0.25) is 0 Å². The number of aromatic nitrogens is 1. The topological polar surface area (TPSA) is 34.2 Å². The maximum atomic E-state index is 5.82. The van der Waals surface area contributed by atoms with Crippen LogP contribution in [0.25, 0.3) is 21.8 Å². The SMILES string of the molecule is BrC(CCCCCCOC1CCCCO1)CCc1cccc2c1[nH]c1ccccc12. The second-order valence-electron chi connectivity index (χ2n) is 8.52. The molecular formula is C26H34BrNO2. The third-order valence-electron chi connectivity index (χ3n) is 6.21. The van der Waals surface area contributed by atoms with Gasteiger partial charge in [-0.1, -0.05) is 71.6 Å². The van der Waals surface area contributed by atoms with E-state index in [1.807, 2.05) is 0 Å². The number of H-pyrrole nitrogens is 1. The van der Waals surface area contributed by atoms with Crippen LogP contribution in [0, 0.1) is 0 Å². The second-order valence-corrected chi connectivity index (χ2v) is 9.81. The molecule has 1 aliphatic rings. The minimum atomic E-state index is 0.0624. The molecule has 30 heavy (non-hydrogen) atoms. The largest absolute Gasteiger partial charge is 0.354 e. The molecule has 2 unspecified atom stereocenters. The van der Waals surface area contributed by atoms with Gasteiger partial charge in [-0.15, -0.1) is 0 Å². The van der Waals surface area contributed by atoms with Crippen molar-refractivity contribution in [2.45, 2.75) is 75.3 Å². The van der Waals surface area contributed by atoms with E-state index in [4.69, 9.17) is 9.47 Å². The summed E-state index contributed by atoms with van der Waals surface area (Å²) in [6.07, 6.45) is 12.1. The van der Waals surface area contributed by atoms with E-state index in [9.17, 15) is 0 Å². The first-order valence-corrected chi connectivity index (χ1v) is 12.6. The fraction of sp³-hybridized carbons (Fsp3) is 0.538. The van der Waals surface area contributed by atoms with Crippen LogP contribution in [0.2, 0.25) is 0 Å². The molecule has 1 fully saturated rings. The Morgan fingerprint density at radius 2 is 1.83 bits per heavy atom. The van der Waals surface area contributed by atoms with Crippen LogP contribution in [0.3, 0.4) is 0 Å². The lowest BCUT2D eigenvalue weighted by Crippen LogP contribution is -2.22. The van der Waals surface area contributed by atoms with E-state index in [0.717, 1.165) is 32.5 Å². The third kappa shape index (κ3) is 5.87. The zero-order valence-electron chi connectivity index (χ0n) is 17.9. The molecule has 0 aliphatic carbocycles. The average Bonchev–Trinajstić information content (AvgIpc) is 3.17. The number of rotatable bonds is 11. The Kier molecular flexibility index (Phi) is 8.24. The molecule has 2 heterocycles. The molecule has 0 amide bonds. The number of fused-ring (bicyclic) bond motifs is 3. The molecule has 3 aromatic rings. The summed E-state index contributed by atoms with van der Waals surface area (Å²) >= 11 is 3.92. The van der Waals surface area contributed by atoms with E-state index < -0.39 is 0 Å². The molecule has 2 aromatic carbocycles. The number of halogens is 1. The lowest BCUT2D eigenvalue weighted by atomic mass is 10.0. The summed E-state index contributed by atoms with van der Waals surface area (Å²) in [4.78, 5) is 4.22. The number of nitrogens with one attached hydrogen (secondary N) is 1. The predicted molar refractivity (Wildman–Crippen MR) is 129 cm³/mol.